The molecular formula is C6H4BrN3O2S. The van der Waals surface area contributed by atoms with E-state index in [4.69, 9.17) is 0 Å². The van der Waals surface area contributed by atoms with Crippen LogP contribution in [0.25, 0.3) is 4.96 Å². The van der Waals surface area contributed by atoms with Crippen LogP contribution in [-0.4, -0.2) is 14.0 Å². The zero-order valence-electron chi connectivity index (χ0n) is 6.52. The molecule has 0 saturated carbocycles. The summed E-state index contributed by atoms with van der Waals surface area (Å²) in [5, 5.41) is 0. The van der Waals surface area contributed by atoms with E-state index in [9.17, 15) is 9.59 Å². The van der Waals surface area contributed by atoms with Crippen molar-refractivity contribution in [2.24, 2.45) is 7.05 Å². The van der Waals surface area contributed by atoms with Crippen LogP contribution in [0.15, 0.2) is 19.6 Å². The van der Waals surface area contributed by atoms with Gasteiger partial charge in [0.25, 0.3) is 0 Å². The second kappa shape index (κ2) is 2.78. The molecule has 0 unspecified atom stereocenters. The van der Waals surface area contributed by atoms with E-state index in [0.29, 0.717) is 4.96 Å². The fourth-order valence-electron chi connectivity index (χ4n) is 0.933. The quantitative estimate of drug-likeness (QED) is 0.682. The Morgan fingerprint density at radius 2 is 2.23 bits per heavy atom. The van der Waals surface area contributed by atoms with E-state index >= 15 is 0 Å². The van der Waals surface area contributed by atoms with Gasteiger partial charge >= 0.3 is 11.4 Å². The molecule has 0 aliphatic carbocycles. The fourth-order valence-corrected chi connectivity index (χ4v) is 2.26. The fraction of sp³-hybridized carbons (Fsp3) is 0.167. The Kier molecular flexibility index (Phi) is 1.85. The summed E-state index contributed by atoms with van der Waals surface area (Å²) < 4.78 is 3.06. The van der Waals surface area contributed by atoms with Crippen molar-refractivity contribution in [3.63, 3.8) is 0 Å². The summed E-state index contributed by atoms with van der Waals surface area (Å²) in [4.78, 5) is 26.6. The molecule has 0 radical (unpaired) electrons. The Hall–Kier alpha value is -0.950. The van der Waals surface area contributed by atoms with E-state index in [1.165, 1.54) is 22.8 Å². The molecule has 68 valence electrons. The molecule has 0 atom stereocenters. The molecule has 2 aromatic heterocycles. The van der Waals surface area contributed by atoms with E-state index in [-0.39, 0.29) is 5.69 Å². The minimum absolute atomic E-state index is 0.378. The highest BCUT2D eigenvalue weighted by Gasteiger charge is 2.06. The normalized spacial score (nSPS) is 10.9. The summed E-state index contributed by atoms with van der Waals surface area (Å²) >= 11 is 4.46. The van der Waals surface area contributed by atoms with Crippen molar-refractivity contribution in [3.8, 4) is 0 Å². The molecule has 0 spiro atoms. The Morgan fingerprint density at radius 3 is 2.92 bits per heavy atom. The first-order valence-corrected chi connectivity index (χ1v) is 4.95. The van der Waals surface area contributed by atoms with Gasteiger partial charge < -0.3 is 0 Å². The van der Waals surface area contributed by atoms with Crippen LogP contribution in [0, 0.1) is 0 Å². The molecule has 5 nitrogen and oxygen atoms in total. The van der Waals surface area contributed by atoms with Gasteiger partial charge in [0.05, 0.1) is 3.79 Å². The minimum Gasteiger partial charge on any atom is -0.247 e. The Labute approximate surface area is 84.4 Å². The lowest BCUT2D eigenvalue weighted by atomic mass is 10.8. The SMILES string of the molecule is Cn1c(=O)nc2sc(Br)cn2c1=O. The van der Waals surface area contributed by atoms with Crippen LogP contribution in [0.2, 0.25) is 0 Å². The van der Waals surface area contributed by atoms with E-state index in [0.717, 1.165) is 8.35 Å². The number of nitrogens with zero attached hydrogens (tertiary/aromatic N) is 3. The average Bonchev–Trinajstić information content (AvgIpc) is 2.42. The molecule has 2 aromatic rings. The number of hydrogen-bond donors (Lipinski definition) is 0. The van der Waals surface area contributed by atoms with E-state index in [1.54, 1.807) is 6.20 Å². The lowest BCUT2D eigenvalue weighted by Gasteiger charge is -1.94. The average molecular weight is 262 g/mol. The van der Waals surface area contributed by atoms with Crippen molar-refractivity contribution in [1.82, 2.24) is 14.0 Å². The van der Waals surface area contributed by atoms with Gasteiger partial charge in [0.2, 0.25) is 4.96 Å². The predicted molar refractivity (Wildman–Crippen MR) is 52.3 cm³/mol. The molecule has 13 heavy (non-hydrogen) atoms. The third-order valence-corrected chi connectivity index (χ3v) is 3.06. The van der Waals surface area contributed by atoms with Gasteiger partial charge in [-0.05, 0) is 15.9 Å². The monoisotopic (exact) mass is 261 g/mol. The lowest BCUT2D eigenvalue weighted by Crippen LogP contribution is -2.36. The summed E-state index contributed by atoms with van der Waals surface area (Å²) in [5.41, 5.74) is -0.906. The van der Waals surface area contributed by atoms with Gasteiger partial charge in [0.15, 0.2) is 0 Å². The highest BCUT2D eigenvalue weighted by molar-refractivity contribution is 9.11. The van der Waals surface area contributed by atoms with Crippen LogP contribution in [0.5, 0.6) is 0 Å². The van der Waals surface area contributed by atoms with E-state index < -0.39 is 5.69 Å². The van der Waals surface area contributed by atoms with Crippen LogP contribution >= 0.6 is 27.3 Å². The molecule has 0 aromatic carbocycles. The summed E-state index contributed by atoms with van der Waals surface area (Å²) in [6.07, 6.45) is 1.59. The summed E-state index contributed by atoms with van der Waals surface area (Å²) in [5.74, 6) is 0. The van der Waals surface area contributed by atoms with Crippen LogP contribution in [0.1, 0.15) is 0 Å². The first kappa shape index (κ1) is 8.64. The van der Waals surface area contributed by atoms with E-state index in [2.05, 4.69) is 20.9 Å². The molecule has 0 fully saturated rings. The molecular weight excluding hydrogens is 258 g/mol. The summed E-state index contributed by atoms with van der Waals surface area (Å²) in [6.45, 7) is 0. The molecule has 7 heteroatoms. The Morgan fingerprint density at radius 1 is 1.54 bits per heavy atom. The zero-order valence-corrected chi connectivity index (χ0v) is 8.92. The van der Waals surface area contributed by atoms with E-state index in [1.807, 2.05) is 0 Å². The van der Waals surface area contributed by atoms with Gasteiger partial charge in [0.1, 0.15) is 0 Å². The zero-order chi connectivity index (χ0) is 9.59. The minimum atomic E-state index is -0.528. The molecule has 0 N–H and O–H groups in total. The number of hydrogen-bond acceptors (Lipinski definition) is 4. The van der Waals surface area contributed by atoms with Gasteiger partial charge in [-0.2, -0.15) is 4.98 Å². The predicted octanol–water partition coefficient (Wildman–Crippen LogP) is 0.217. The Bertz CT molecular complexity index is 582. The molecule has 2 heterocycles. The lowest BCUT2D eigenvalue weighted by molar-refractivity contribution is 0.723. The number of halogens is 1. The summed E-state index contributed by atoms with van der Waals surface area (Å²) in [6, 6.07) is 0. The molecule has 2 rings (SSSR count). The molecule has 0 saturated heterocycles. The van der Waals surface area contributed by atoms with Crippen LogP contribution in [-0.2, 0) is 7.05 Å². The molecule has 0 amide bonds. The van der Waals surface area contributed by atoms with Crippen molar-refractivity contribution >= 4 is 32.2 Å². The Balaban J connectivity index is 3.10. The van der Waals surface area contributed by atoms with Gasteiger partial charge in [0, 0.05) is 13.2 Å². The van der Waals surface area contributed by atoms with Crippen LogP contribution in [0.4, 0.5) is 0 Å². The van der Waals surface area contributed by atoms with Crippen LogP contribution in [0.3, 0.4) is 0 Å². The topological polar surface area (TPSA) is 56.4 Å². The second-order valence-electron chi connectivity index (χ2n) is 2.42. The van der Waals surface area contributed by atoms with Crippen molar-refractivity contribution in [2.45, 2.75) is 0 Å². The molecule has 0 aliphatic heterocycles. The summed E-state index contributed by atoms with van der Waals surface area (Å²) in [7, 11) is 1.40. The standard InChI is InChI=1S/C6H4BrN3O2S/c1-9-4(11)8-5-10(6(9)12)2-3(7)13-5/h2H,1H3. The highest BCUT2D eigenvalue weighted by Crippen LogP contribution is 2.18. The maximum atomic E-state index is 11.4. The first-order chi connectivity index (χ1) is 6.09. The third-order valence-electron chi connectivity index (χ3n) is 1.60. The van der Waals surface area contributed by atoms with Crippen molar-refractivity contribution in [3.05, 3.63) is 31.0 Å². The molecule has 0 aliphatic rings. The van der Waals surface area contributed by atoms with Gasteiger partial charge in [-0.3, -0.25) is 0 Å². The smallest absolute Gasteiger partial charge is 0.247 e. The van der Waals surface area contributed by atoms with Gasteiger partial charge in [-0.15, -0.1) is 0 Å². The number of thiazole rings is 1. The largest absolute Gasteiger partial charge is 0.354 e. The van der Waals surface area contributed by atoms with Crippen LogP contribution < -0.4 is 11.4 Å². The van der Waals surface area contributed by atoms with Gasteiger partial charge in [-0.25, -0.2) is 18.6 Å². The highest BCUT2D eigenvalue weighted by atomic mass is 79.9. The molecule has 0 bridgehead atoms. The number of aromatic nitrogens is 3. The second-order valence-corrected chi connectivity index (χ2v) is 4.81. The number of fused-ring (bicyclic) bond motifs is 1. The first-order valence-electron chi connectivity index (χ1n) is 3.34. The van der Waals surface area contributed by atoms with Crippen molar-refractivity contribution in [1.29, 1.82) is 0 Å². The third kappa shape index (κ3) is 1.24. The maximum Gasteiger partial charge on any atom is 0.354 e. The van der Waals surface area contributed by atoms with Gasteiger partial charge in [-0.1, -0.05) is 11.3 Å². The van der Waals surface area contributed by atoms with Crippen molar-refractivity contribution < 1.29 is 0 Å². The van der Waals surface area contributed by atoms with Crippen molar-refractivity contribution in [2.75, 3.05) is 0 Å². The number of rotatable bonds is 0. The maximum absolute atomic E-state index is 11.4.